The van der Waals surface area contributed by atoms with Crippen molar-refractivity contribution in [3.05, 3.63) is 17.3 Å². The third kappa shape index (κ3) is 2.72. The van der Waals surface area contributed by atoms with E-state index in [1.807, 2.05) is 0 Å². The summed E-state index contributed by atoms with van der Waals surface area (Å²) in [4.78, 5) is 47.2. The molecular formula is C17H18N4O4S. The van der Waals surface area contributed by atoms with Gasteiger partial charge in [-0.15, -0.1) is 11.3 Å². The van der Waals surface area contributed by atoms with Gasteiger partial charge in [0.05, 0.1) is 22.7 Å². The van der Waals surface area contributed by atoms with Gasteiger partial charge in [0.15, 0.2) is 0 Å². The number of carbonyl (C=O) groups is 3. The Morgan fingerprint density at radius 2 is 2.19 bits per heavy atom. The molecule has 1 unspecified atom stereocenters. The number of imide groups is 1. The zero-order valence-corrected chi connectivity index (χ0v) is 15.1. The Labute approximate surface area is 153 Å². The summed E-state index contributed by atoms with van der Waals surface area (Å²) in [5, 5.41) is 2.51. The Morgan fingerprint density at radius 1 is 1.35 bits per heavy atom. The molecule has 2 aromatic heterocycles. The highest BCUT2D eigenvalue weighted by Crippen LogP contribution is 2.41. The van der Waals surface area contributed by atoms with Crippen molar-refractivity contribution in [1.29, 1.82) is 0 Å². The number of aromatic nitrogens is 2. The topological polar surface area (TPSA) is 101 Å². The third-order valence-corrected chi connectivity index (χ3v) is 6.23. The number of hydrogen-bond acceptors (Lipinski definition) is 8. The number of thiophene rings is 1. The average Bonchev–Trinajstić information content (AvgIpc) is 3.22. The smallest absolute Gasteiger partial charge is 0.348 e. The molecule has 0 saturated carbocycles. The van der Waals surface area contributed by atoms with Gasteiger partial charge in [0.25, 0.3) is 0 Å². The van der Waals surface area contributed by atoms with Crippen LogP contribution in [-0.4, -0.2) is 48.0 Å². The maximum Gasteiger partial charge on any atom is 0.348 e. The minimum Gasteiger partial charge on any atom is -0.465 e. The van der Waals surface area contributed by atoms with Crippen LogP contribution in [-0.2, 0) is 14.3 Å². The molecule has 0 radical (unpaired) electrons. The summed E-state index contributed by atoms with van der Waals surface area (Å²) >= 11 is 1.29. The number of methoxy groups -OCH3 is 1. The van der Waals surface area contributed by atoms with Gasteiger partial charge in [0.2, 0.25) is 11.8 Å². The summed E-state index contributed by atoms with van der Waals surface area (Å²) in [6.45, 7) is 1.17. The van der Waals surface area contributed by atoms with Crippen molar-refractivity contribution in [2.75, 3.05) is 25.1 Å². The molecule has 2 aliphatic heterocycles. The number of rotatable bonds is 2. The van der Waals surface area contributed by atoms with Crippen LogP contribution in [0.5, 0.6) is 0 Å². The standard InChI is InChI=1S/C17H18N4O4S/c1-25-15(23)11-7-10-13(26-11)14(19-9-18-10)21-6-5-17(8-21)4-2-3-12(22)20-16(17)24/h7,9H,2-6,8H2,1H3,(H,20,22,24). The van der Waals surface area contributed by atoms with Crippen molar-refractivity contribution in [3.63, 3.8) is 0 Å². The molecule has 1 spiro atoms. The predicted octanol–water partition coefficient (Wildman–Crippen LogP) is 1.50. The number of amides is 2. The zero-order chi connectivity index (χ0) is 18.3. The van der Waals surface area contributed by atoms with Crippen molar-refractivity contribution in [3.8, 4) is 0 Å². The first-order valence-electron chi connectivity index (χ1n) is 8.44. The second-order valence-corrected chi connectivity index (χ2v) is 7.75. The maximum absolute atomic E-state index is 12.6. The number of hydrogen-bond donors (Lipinski definition) is 1. The monoisotopic (exact) mass is 374 g/mol. The predicted molar refractivity (Wildman–Crippen MR) is 95.0 cm³/mol. The summed E-state index contributed by atoms with van der Waals surface area (Å²) in [6.07, 6.45) is 3.92. The Bertz CT molecular complexity index is 911. The van der Waals surface area contributed by atoms with E-state index in [1.165, 1.54) is 24.8 Å². The van der Waals surface area contributed by atoms with E-state index in [0.717, 1.165) is 10.5 Å². The second-order valence-electron chi connectivity index (χ2n) is 6.70. The maximum atomic E-state index is 12.6. The zero-order valence-electron chi connectivity index (χ0n) is 14.3. The molecule has 8 nitrogen and oxygen atoms in total. The molecular weight excluding hydrogens is 356 g/mol. The molecule has 2 amide bonds. The lowest BCUT2D eigenvalue weighted by Gasteiger charge is -2.26. The highest BCUT2D eigenvalue weighted by Gasteiger charge is 2.46. The quantitative estimate of drug-likeness (QED) is 0.628. The Morgan fingerprint density at radius 3 is 3.00 bits per heavy atom. The van der Waals surface area contributed by atoms with Crippen LogP contribution < -0.4 is 10.2 Å². The van der Waals surface area contributed by atoms with Crippen molar-refractivity contribution in [2.45, 2.75) is 25.7 Å². The molecule has 2 fully saturated rings. The number of carbonyl (C=O) groups excluding carboxylic acids is 3. The lowest BCUT2D eigenvalue weighted by Crippen LogP contribution is -2.43. The summed E-state index contributed by atoms with van der Waals surface area (Å²) in [5.41, 5.74) is 0.119. The number of anilines is 1. The Hall–Kier alpha value is -2.55. The van der Waals surface area contributed by atoms with Gasteiger partial charge in [-0.3, -0.25) is 14.9 Å². The van der Waals surface area contributed by atoms with E-state index >= 15 is 0 Å². The first kappa shape index (κ1) is 16.9. The van der Waals surface area contributed by atoms with Crippen LogP contribution in [0.3, 0.4) is 0 Å². The SMILES string of the molecule is COC(=O)c1cc2ncnc(N3CCC4(CCCC(=O)NC4=O)C3)c2s1. The van der Waals surface area contributed by atoms with Crippen LogP contribution in [0.1, 0.15) is 35.4 Å². The third-order valence-electron chi connectivity index (χ3n) is 5.13. The second kappa shape index (κ2) is 6.31. The summed E-state index contributed by atoms with van der Waals surface area (Å²) < 4.78 is 5.59. The van der Waals surface area contributed by atoms with Crippen molar-refractivity contribution in [1.82, 2.24) is 15.3 Å². The fourth-order valence-corrected chi connectivity index (χ4v) is 4.78. The molecule has 0 bridgehead atoms. The van der Waals surface area contributed by atoms with Crippen LogP contribution in [0.25, 0.3) is 10.2 Å². The van der Waals surface area contributed by atoms with Crippen LogP contribution in [0.2, 0.25) is 0 Å². The largest absolute Gasteiger partial charge is 0.465 e. The molecule has 2 saturated heterocycles. The van der Waals surface area contributed by atoms with Gasteiger partial charge in [-0.05, 0) is 25.3 Å². The van der Waals surface area contributed by atoms with E-state index in [9.17, 15) is 14.4 Å². The molecule has 0 aromatic carbocycles. The van der Waals surface area contributed by atoms with E-state index < -0.39 is 11.4 Å². The molecule has 0 aliphatic carbocycles. The molecule has 4 heterocycles. The fourth-order valence-electron chi connectivity index (χ4n) is 3.73. The number of esters is 1. The number of ether oxygens (including phenoxy) is 1. The Balaban J connectivity index is 1.66. The molecule has 2 aromatic rings. The molecule has 1 atom stereocenters. The first-order valence-corrected chi connectivity index (χ1v) is 9.26. The van der Waals surface area contributed by atoms with E-state index in [0.29, 0.717) is 49.2 Å². The number of nitrogens with one attached hydrogen (secondary N) is 1. The first-order chi connectivity index (χ1) is 12.5. The van der Waals surface area contributed by atoms with Gasteiger partial charge in [0, 0.05) is 19.5 Å². The number of fused-ring (bicyclic) bond motifs is 1. The van der Waals surface area contributed by atoms with E-state index in [-0.39, 0.29) is 11.8 Å². The molecule has 4 rings (SSSR count). The van der Waals surface area contributed by atoms with E-state index in [1.54, 1.807) is 6.07 Å². The van der Waals surface area contributed by atoms with Gasteiger partial charge in [-0.25, -0.2) is 14.8 Å². The van der Waals surface area contributed by atoms with Gasteiger partial charge < -0.3 is 9.64 Å². The average molecular weight is 374 g/mol. The van der Waals surface area contributed by atoms with Gasteiger partial charge in [-0.1, -0.05) is 0 Å². The molecule has 9 heteroatoms. The lowest BCUT2D eigenvalue weighted by atomic mass is 9.82. The summed E-state index contributed by atoms with van der Waals surface area (Å²) in [5.74, 6) is -0.0705. The van der Waals surface area contributed by atoms with Crippen LogP contribution >= 0.6 is 11.3 Å². The molecule has 2 aliphatic rings. The highest BCUT2D eigenvalue weighted by atomic mass is 32.1. The minimum absolute atomic E-state index is 0.186. The molecule has 1 N–H and O–H groups in total. The van der Waals surface area contributed by atoms with E-state index in [2.05, 4.69) is 20.2 Å². The van der Waals surface area contributed by atoms with E-state index in [4.69, 9.17) is 4.74 Å². The van der Waals surface area contributed by atoms with Gasteiger partial charge in [-0.2, -0.15) is 0 Å². The van der Waals surface area contributed by atoms with Crippen LogP contribution in [0.4, 0.5) is 5.82 Å². The van der Waals surface area contributed by atoms with Crippen LogP contribution in [0.15, 0.2) is 12.4 Å². The van der Waals surface area contributed by atoms with Gasteiger partial charge in [0.1, 0.15) is 17.0 Å². The normalized spacial score (nSPS) is 23.3. The van der Waals surface area contributed by atoms with Crippen molar-refractivity contribution < 1.29 is 19.1 Å². The molecule has 136 valence electrons. The summed E-state index contributed by atoms with van der Waals surface area (Å²) in [7, 11) is 1.34. The minimum atomic E-state index is -0.564. The van der Waals surface area contributed by atoms with Crippen molar-refractivity contribution in [2.24, 2.45) is 5.41 Å². The summed E-state index contributed by atoms with van der Waals surface area (Å²) in [6, 6.07) is 1.69. The van der Waals surface area contributed by atoms with Gasteiger partial charge >= 0.3 is 5.97 Å². The van der Waals surface area contributed by atoms with Crippen molar-refractivity contribution >= 4 is 45.2 Å². The number of nitrogens with zero attached hydrogens (tertiary/aromatic N) is 3. The highest BCUT2D eigenvalue weighted by molar-refractivity contribution is 7.21. The van der Waals surface area contributed by atoms with Crippen LogP contribution in [0, 0.1) is 5.41 Å². The Kier molecular flexibility index (Phi) is 4.10. The lowest BCUT2D eigenvalue weighted by molar-refractivity contribution is -0.134. The molecule has 26 heavy (non-hydrogen) atoms. The fraction of sp³-hybridized carbons (Fsp3) is 0.471.